The molecule has 2 N–H and O–H groups in total. The molecule has 0 spiro atoms. The Bertz CT molecular complexity index is 1580. The Hall–Kier alpha value is -4.14. The standard InChI is InChI=1S/C27H22N4O/c1-18(28)26-29-23-13-8-9-19(25(23)27(32)31(26)21-10-4-3-5-11-21)15-16-20-17-30(2)24-14-7-6-12-22(20)24/h3-14,17-18H,28H2,1-2H3. The minimum atomic E-state index is -0.405. The van der Waals surface area contributed by atoms with Gasteiger partial charge in [0.15, 0.2) is 0 Å². The Kier molecular flexibility index (Phi) is 4.85. The fourth-order valence-electron chi connectivity index (χ4n) is 4.06. The van der Waals surface area contributed by atoms with E-state index in [0.717, 1.165) is 22.2 Å². The molecule has 0 amide bonds. The molecular weight excluding hydrogens is 396 g/mol. The van der Waals surface area contributed by atoms with Gasteiger partial charge in [-0.3, -0.25) is 9.36 Å². The van der Waals surface area contributed by atoms with Gasteiger partial charge < -0.3 is 10.3 Å². The molecule has 0 bridgehead atoms. The van der Waals surface area contributed by atoms with Crippen molar-refractivity contribution in [1.82, 2.24) is 14.1 Å². The van der Waals surface area contributed by atoms with Crippen molar-refractivity contribution in [3.05, 3.63) is 106 Å². The highest BCUT2D eigenvalue weighted by Crippen LogP contribution is 2.21. The summed E-state index contributed by atoms with van der Waals surface area (Å²) in [5, 5.41) is 1.58. The van der Waals surface area contributed by atoms with Gasteiger partial charge in [0.05, 0.1) is 28.2 Å². The molecule has 0 radical (unpaired) electrons. The first-order chi connectivity index (χ1) is 15.5. The maximum atomic E-state index is 13.7. The van der Waals surface area contributed by atoms with E-state index in [9.17, 15) is 4.79 Å². The molecule has 5 heteroatoms. The molecule has 5 aromatic rings. The van der Waals surface area contributed by atoms with Crippen LogP contribution in [-0.4, -0.2) is 14.1 Å². The third-order valence-electron chi connectivity index (χ3n) is 5.57. The molecule has 32 heavy (non-hydrogen) atoms. The third-order valence-corrected chi connectivity index (χ3v) is 5.57. The van der Waals surface area contributed by atoms with Gasteiger partial charge in [-0.15, -0.1) is 0 Å². The van der Waals surface area contributed by atoms with Gasteiger partial charge in [0, 0.05) is 29.7 Å². The number of fused-ring (bicyclic) bond motifs is 2. The Morgan fingerprint density at radius 2 is 1.62 bits per heavy atom. The van der Waals surface area contributed by atoms with Crippen molar-refractivity contribution in [3.8, 4) is 17.5 Å². The van der Waals surface area contributed by atoms with E-state index >= 15 is 0 Å². The normalized spacial score (nSPS) is 12.0. The van der Waals surface area contributed by atoms with Crippen molar-refractivity contribution in [3.63, 3.8) is 0 Å². The van der Waals surface area contributed by atoms with Crippen molar-refractivity contribution >= 4 is 21.8 Å². The van der Waals surface area contributed by atoms with E-state index in [1.54, 1.807) is 4.57 Å². The van der Waals surface area contributed by atoms with Gasteiger partial charge in [0.25, 0.3) is 5.56 Å². The Balaban J connectivity index is 1.76. The maximum absolute atomic E-state index is 13.7. The molecule has 5 rings (SSSR count). The van der Waals surface area contributed by atoms with E-state index in [1.807, 2.05) is 80.8 Å². The zero-order chi connectivity index (χ0) is 22.2. The first-order valence-corrected chi connectivity index (χ1v) is 10.5. The number of nitrogens with zero attached hydrogens (tertiary/aromatic N) is 3. The summed E-state index contributed by atoms with van der Waals surface area (Å²) < 4.78 is 3.65. The van der Waals surface area contributed by atoms with Crippen LogP contribution >= 0.6 is 0 Å². The number of hydrogen-bond donors (Lipinski definition) is 1. The molecule has 0 aliphatic rings. The maximum Gasteiger partial charge on any atom is 0.267 e. The number of para-hydroxylation sites is 2. The molecule has 0 aliphatic carbocycles. The van der Waals surface area contributed by atoms with E-state index in [4.69, 9.17) is 10.7 Å². The van der Waals surface area contributed by atoms with Crippen molar-refractivity contribution in [2.24, 2.45) is 12.8 Å². The topological polar surface area (TPSA) is 65.8 Å². The van der Waals surface area contributed by atoms with Crippen LogP contribution in [0.5, 0.6) is 0 Å². The number of nitrogens with two attached hydrogens (primary N) is 1. The van der Waals surface area contributed by atoms with Gasteiger partial charge in [-0.2, -0.15) is 0 Å². The SMILES string of the molecule is CC(N)c1nc2cccc(C#Cc3cn(C)c4ccccc34)c2c(=O)n1-c1ccccc1. The molecule has 3 aromatic carbocycles. The fraction of sp³-hybridized carbons (Fsp3) is 0.111. The predicted octanol–water partition coefficient (Wildman–Crippen LogP) is 4.30. The number of benzene rings is 3. The highest BCUT2D eigenvalue weighted by Gasteiger charge is 2.17. The summed E-state index contributed by atoms with van der Waals surface area (Å²) >= 11 is 0. The van der Waals surface area contributed by atoms with Crippen LogP contribution in [0.3, 0.4) is 0 Å². The first-order valence-electron chi connectivity index (χ1n) is 10.5. The highest BCUT2D eigenvalue weighted by molar-refractivity contribution is 5.88. The van der Waals surface area contributed by atoms with E-state index in [-0.39, 0.29) is 5.56 Å². The number of hydrogen-bond acceptors (Lipinski definition) is 3. The van der Waals surface area contributed by atoms with Gasteiger partial charge in [0.1, 0.15) is 5.82 Å². The van der Waals surface area contributed by atoms with Crippen LogP contribution in [0.2, 0.25) is 0 Å². The summed E-state index contributed by atoms with van der Waals surface area (Å²) in [6, 6.07) is 22.8. The Morgan fingerprint density at radius 1 is 0.906 bits per heavy atom. The first kappa shape index (κ1) is 19.8. The van der Waals surface area contributed by atoms with Gasteiger partial charge in [-0.25, -0.2) is 4.98 Å². The lowest BCUT2D eigenvalue weighted by atomic mass is 10.1. The van der Waals surface area contributed by atoms with Crippen LogP contribution in [-0.2, 0) is 7.05 Å². The number of rotatable bonds is 2. The lowest BCUT2D eigenvalue weighted by Gasteiger charge is -2.16. The van der Waals surface area contributed by atoms with Gasteiger partial charge in [0.2, 0.25) is 0 Å². The summed E-state index contributed by atoms with van der Waals surface area (Å²) in [7, 11) is 2.00. The quantitative estimate of drug-likeness (QED) is 0.435. The molecule has 0 saturated carbocycles. The third kappa shape index (κ3) is 3.27. The van der Waals surface area contributed by atoms with Crippen molar-refractivity contribution in [2.75, 3.05) is 0 Å². The fourth-order valence-corrected chi connectivity index (χ4v) is 4.06. The van der Waals surface area contributed by atoms with Gasteiger partial charge in [-0.1, -0.05) is 54.3 Å². The monoisotopic (exact) mass is 418 g/mol. The van der Waals surface area contributed by atoms with E-state index in [2.05, 4.69) is 28.5 Å². The lowest BCUT2D eigenvalue weighted by molar-refractivity contribution is 0.696. The van der Waals surface area contributed by atoms with Gasteiger partial charge >= 0.3 is 0 Å². The summed E-state index contributed by atoms with van der Waals surface area (Å²) in [5.74, 6) is 7.02. The smallest absolute Gasteiger partial charge is 0.267 e. The molecule has 0 saturated heterocycles. The minimum Gasteiger partial charge on any atom is -0.349 e. The largest absolute Gasteiger partial charge is 0.349 e. The second-order valence-corrected chi connectivity index (χ2v) is 7.86. The van der Waals surface area contributed by atoms with Crippen molar-refractivity contribution in [1.29, 1.82) is 0 Å². The van der Waals surface area contributed by atoms with Crippen LogP contribution < -0.4 is 11.3 Å². The summed E-state index contributed by atoms with van der Waals surface area (Å²) in [4.78, 5) is 18.4. The molecule has 5 nitrogen and oxygen atoms in total. The molecule has 2 heterocycles. The van der Waals surface area contributed by atoms with E-state index in [0.29, 0.717) is 22.3 Å². The second kappa shape index (κ2) is 7.84. The van der Waals surface area contributed by atoms with Crippen LogP contribution in [0.25, 0.3) is 27.5 Å². The lowest BCUT2D eigenvalue weighted by Crippen LogP contribution is -2.27. The molecule has 2 aromatic heterocycles. The number of aromatic nitrogens is 3. The zero-order valence-electron chi connectivity index (χ0n) is 17.9. The predicted molar refractivity (Wildman–Crippen MR) is 129 cm³/mol. The van der Waals surface area contributed by atoms with Crippen LogP contribution in [0.4, 0.5) is 0 Å². The average Bonchev–Trinajstić information content (AvgIpc) is 3.13. The molecule has 1 atom stereocenters. The molecule has 0 aliphatic heterocycles. The highest BCUT2D eigenvalue weighted by atomic mass is 16.1. The van der Waals surface area contributed by atoms with Crippen molar-refractivity contribution in [2.45, 2.75) is 13.0 Å². The van der Waals surface area contributed by atoms with E-state index < -0.39 is 6.04 Å². The summed E-state index contributed by atoms with van der Waals surface area (Å²) in [6.07, 6.45) is 2.01. The van der Waals surface area contributed by atoms with Crippen molar-refractivity contribution < 1.29 is 0 Å². The Morgan fingerprint density at radius 3 is 2.41 bits per heavy atom. The zero-order valence-corrected chi connectivity index (χ0v) is 17.9. The molecule has 156 valence electrons. The molecule has 0 fully saturated rings. The molecule has 1 unspecified atom stereocenters. The number of aryl methyl sites for hydroxylation is 1. The second-order valence-electron chi connectivity index (χ2n) is 7.86. The average molecular weight is 419 g/mol. The van der Waals surface area contributed by atoms with E-state index in [1.165, 1.54) is 0 Å². The van der Waals surface area contributed by atoms with Gasteiger partial charge in [-0.05, 0) is 37.3 Å². The minimum absolute atomic E-state index is 0.170. The van der Waals surface area contributed by atoms with Crippen LogP contribution in [0.15, 0.2) is 83.8 Å². The summed E-state index contributed by atoms with van der Waals surface area (Å²) in [5.41, 5.74) is 10.0. The van der Waals surface area contributed by atoms with Crippen LogP contribution in [0.1, 0.15) is 29.9 Å². The van der Waals surface area contributed by atoms with Crippen LogP contribution in [0, 0.1) is 11.8 Å². The Labute approximate surface area is 185 Å². The summed E-state index contributed by atoms with van der Waals surface area (Å²) in [6.45, 7) is 1.83. The molecular formula is C27H22N4O.